The summed E-state index contributed by atoms with van der Waals surface area (Å²) in [6, 6.07) is 10.4. The summed E-state index contributed by atoms with van der Waals surface area (Å²) in [6.45, 7) is 5.52. The highest BCUT2D eigenvalue weighted by Gasteiger charge is 2.13. The fourth-order valence-electron chi connectivity index (χ4n) is 1.80. The normalized spacial score (nSPS) is 11.5. The van der Waals surface area contributed by atoms with Gasteiger partial charge in [0.15, 0.2) is 10.9 Å². The summed E-state index contributed by atoms with van der Waals surface area (Å²) in [6.07, 6.45) is 0. The molecule has 0 saturated carbocycles. The zero-order valence-electron chi connectivity index (χ0n) is 11.1. The number of anilines is 1. The number of benzene rings is 1. The van der Waals surface area contributed by atoms with E-state index in [1.165, 1.54) is 16.9 Å². The summed E-state index contributed by atoms with van der Waals surface area (Å²) >= 11 is 1.42. The Hall–Kier alpha value is -1.39. The number of carbonyl (C=O) groups is 1. The Morgan fingerprint density at radius 3 is 2.47 bits per heavy atom. The van der Waals surface area contributed by atoms with Gasteiger partial charge in [-0.15, -0.1) is 12.4 Å². The lowest BCUT2D eigenvalue weighted by Crippen LogP contribution is -2.05. The predicted octanol–water partition coefficient (Wildman–Crippen LogP) is 4.25. The fourth-order valence-corrected chi connectivity index (χ4v) is 2.74. The van der Waals surface area contributed by atoms with E-state index in [0.717, 1.165) is 15.7 Å². The molecule has 0 radical (unpaired) electrons. The molecule has 0 saturated heterocycles. The summed E-state index contributed by atoms with van der Waals surface area (Å²) in [4.78, 5) is 16.5. The average molecular weight is 297 g/mol. The molecule has 1 atom stereocenters. The van der Waals surface area contributed by atoms with Crippen molar-refractivity contribution in [3.05, 3.63) is 46.5 Å². The minimum Gasteiger partial charge on any atom is -0.355 e. The Labute approximate surface area is 123 Å². The molecule has 5 heteroatoms. The molecule has 19 heavy (non-hydrogen) atoms. The SMILES string of the molecule is CC(=O)c1sc(NC(C)c2ccccc2)nc1C.Cl. The Morgan fingerprint density at radius 1 is 1.32 bits per heavy atom. The highest BCUT2D eigenvalue weighted by molar-refractivity contribution is 7.17. The van der Waals surface area contributed by atoms with Gasteiger partial charge in [-0.1, -0.05) is 41.7 Å². The quantitative estimate of drug-likeness (QED) is 0.858. The molecule has 0 bridgehead atoms. The van der Waals surface area contributed by atoms with Crippen LogP contribution in [-0.2, 0) is 0 Å². The molecular formula is C14H17ClN2OS. The van der Waals surface area contributed by atoms with Gasteiger partial charge in [-0.2, -0.15) is 0 Å². The van der Waals surface area contributed by atoms with Crippen LogP contribution in [0.5, 0.6) is 0 Å². The Kier molecular flexibility index (Phi) is 5.51. The third-order valence-corrected chi connectivity index (χ3v) is 3.95. The number of rotatable bonds is 4. The summed E-state index contributed by atoms with van der Waals surface area (Å²) < 4.78 is 0. The number of aromatic nitrogens is 1. The predicted molar refractivity (Wildman–Crippen MR) is 82.6 cm³/mol. The van der Waals surface area contributed by atoms with Crippen molar-refractivity contribution in [2.24, 2.45) is 0 Å². The monoisotopic (exact) mass is 296 g/mol. The number of halogens is 1. The first-order valence-electron chi connectivity index (χ1n) is 5.87. The van der Waals surface area contributed by atoms with Crippen molar-refractivity contribution in [1.29, 1.82) is 0 Å². The number of aryl methyl sites for hydroxylation is 1. The highest BCUT2D eigenvalue weighted by atomic mass is 35.5. The van der Waals surface area contributed by atoms with Crippen molar-refractivity contribution in [3.8, 4) is 0 Å². The molecule has 1 unspecified atom stereocenters. The van der Waals surface area contributed by atoms with Crippen LogP contribution in [0.4, 0.5) is 5.13 Å². The van der Waals surface area contributed by atoms with E-state index >= 15 is 0 Å². The number of thiazole rings is 1. The van der Waals surface area contributed by atoms with Crippen LogP contribution < -0.4 is 5.32 Å². The van der Waals surface area contributed by atoms with Crippen LogP contribution >= 0.6 is 23.7 Å². The number of hydrogen-bond acceptors (Lipinski definition) is 4. The molecule has 1 aromatic carbocycles. The van der Waals surface area contributed by atoms with Crippen LogP contribution in [0.3, 0.4) is 0 Å². The van der Waals surface area contributed by atoms with Gasteiger partial charge in [0.05, 0.1) is 16.6 Å². The van der Waals surface area contributed by atoms with Gasteiger partial charge in [0.25, 0.3) is 0 Å². The van der Waals surface area contributed by atoms with Crippen LogP contribution in [0.1, 0.15) is 40.8 Å². The first-order valence-corrected chi connectivity index (χ1v) is 6.69. The van der Waals surface area contributed by atoms with E-state index in [1.807, 2.05) is 25.1 Å². The van der Waals surface area contributed by atoms with Gasteiger partial charge in [0.2, 0.25) is 0 Å². The zero-order chi connectivity index (χ0) is 13.1. The molecule has 0 fully saturated rings. The van der Waals surface area contributed by atoms with E-state index in [2.05, 4.69) is 29.4 Å². The number of nitrogens with one attached hydrogen (secondary N) is 1. The maximum atomic E-state index is 11.4. The minimum atomic E-state index is 0. The summed E-state index contributed by atoms with van der Waals surface area (Å²) in [7, 11) is 0. The first-order chi connectivity index (χ1) is 8.58. The number of carbonyl (C=O) groups excluding carboxylic acids is 1. The van der Waals surface area contributed by atoms with E-state index < -0.39 is 0 Å². The van der Waals surface area contributed by atoms with E-state index in [1.54, 1.807) is 6.92 Å². The Bertz CT molecular complexity index is 554. The topological polar surface area (TPSA) is 42.0 Å². The molecule has 1 N–H and O–H groups in total. The molecule has 0 spiro atoms. The van der Waals surface area contributed by atoms with Gasteiger partial charge >= 0.3 is 0 Å². The first kappa shape index (κ1) is 15.7. The molecule has 2 rings (SSSR count). The molecule has 0 aliphatic rings. The molecule has 102 valence electrons. The fraction of sp³-hybridized carbons (Fsp3) is 0.286. The molecule has 0 amide bonds. The minimum absolute atomic E-state index is 0. The van der Waals surface area contributed by atoms with E-state index in [0.29, 0.717) is 0 Å². The molecule has 1 aromatic heterocycles. The molecule has 0 aliphatic carbocycles. The maximum Gasteiger partial charge on any atom is 0.184 e. The van der Waals surface area contributed by atoms with E-state index in [4.69, 9.17) is 0 Å². The zero-order valence-corrected chi connectivity index (χ0v) is 12.8. The molecule has 0 aliphatic heterocycles. The second-order valence-electron chi connectivity index (χ2n) is 4.27. The summed E-state index contributed by atoms with van der Waals surface area (Å²) in [5, 5.41) is 4.13. The van der Waals surface area contributed by atoms with Crippen molar-refractivity contribution in [1.82, 2.24) is 4.98 Å². The van der Waals surface area contributed by atoms with Gasteiger partial charge in [-0.3, -0.25) is 4.79 Å². The third kappa shape index (κ3) is 3.78. The van der Waals surface area contributed by atoms with Crippen molar-refractivity contribution in [2.45, 2.75) is 26.8 Å². The largest absolute Gasteiger partial charge is 0.355 e. The average Bonchev–Trinajstić information content (AvgIpc) is 2.71. The van der Waals surface area contributed by atoms with Gasteiger partial charge in [-0.25, -0.2) is 4.98 Å². The lowest BCUT2D eigenvalue weighted by Gasteiger charge is -2.12. The van der Waals surface area contributed by atoms with Gasteiger partial charge < -0.3 is 5.32 Å². The highest BCUT2D eigenvalue weighted by Crippen LogP contribution is 2.26. The van der Waals surface area contributed by atoms with E-state index in [9.17, 15) is 4.79 Å². The second kappa shape index (κ2) is 6.68. The smallest absolute Gasteiger partial charge is 0.184 e. The molecule has 2 aromatic rings. The van der Waals surface area contributed by atoms with Gasteiger partial charge in [0.1, 0.15) is 0 Å². The molecule has 1 heterocycles. The summed E-state index contributed by atoms with van der Waals surface area (Å²) in [5.74, 6) is 0.0745. The second-order valence-corrected chi connectivity index (χ2v) is 5.27. The van der Waals surface area contributed by atoms with Crippen LogP contribution in [0.25, 0.3) is 0 Å². The number of Topliss-reactive ketones (excluding diaryl/α,β-unsaturated/α-hetero) is 1. The van der Waals surface area contributed by atoms with Crippen molar-refractivity contribution in [3.63, 3.8) is 0 Å². The summed E-state index contributed by atoms with van der Waals surface area (Å²) in [5.41, 5.74) is 2.00. The lowest BCUT2D eigenvalue weighted by molar-refractivity contribution is 0.102. The van der Waals surface area contributed by atoms with Gasteiger partial charge in [0, 0.05) is 6.92 Å². The molecule has 3 nitrogen and oxygen atoms in total. The van der Waals surface area contributed by atoms with Crippen molar-refractivity contribution in [2.75, 3.05) is 5.32 Å². The molecular weight excluding hydrogens is 280 g/mol. The van der Waals surface area contributed by atoms with Crippen LogP contribution in [0, 0.1) is 6.92 Å². The van der Waals surface area contributed by atoms with Crippen molar-refractivity contribution < 1.29 is 4.79 Å². The Morgan fingerprint density at radius 2 is 1.95 bits per heavy atom. The lowest BCUT2D eigenvalue weighted by atomic mass is 10.1. The maximum absolute atomic E-state index is 11.4. The van der Waals surface area contributed by atoms with E-state index in [-0.39, 0.29) is 24.2 Å². The number of hydrogen-bond donors (Lipinski definition) is 1. The third-order valence-electron chi connectivity index (χ3n) is 2.76. The number of ketones is 1. The number of nitrogens with zero attached hydrogens (tertiary/aromatic N) is 1. The van der Waals surface area contributed by atoms with Crippen LogP contribution in [-0.4, -0.2) is 10.8 Å². The van der Waals surface area contributed by atoms with Crippen LogP contribution in [0.15, 0.2) is 30.3 Å². The van der Waals surface area contributed by atoms with Crippen LogP contribution in [0.2, 0.25) is 0 Å². The Balaban J connectivity index is 0.00000180. The standard InChI is InChI=1S/C14H16N2OS.ClH/c1-9(12-7-5-4-6-8-12)15-14-16-10(2)13(18-14)11(3)17;/h4-9H,1-3H3,(H,15,16);1H. The van der Waals surface area contributed by atoms with Gasteiger partial charge in [-0.05, 0) is 19.4 Å². The van der Waals surface area contributed by atoms with Crippen molar-refractivity contribution >= 4 is 34.7 Å².